The summed E-state index contributed by atoms with van der Waals surface area (Å²) >= 11 is 6.10. The van der Waals surface area contributed by atoms with Gasteiger partial charge >= 0.3 is 11.9 Å². The monoisotopic (exact) mass is 557 g/mol. The summed E-state index contributed by atoms with van der Waals surface area (Å²) in [5, 5.41) is 0.411. The molecule has 8 nitrogen and oxygen atoms in total. The van der Waals surface area contributed by atoms with E-state index in [1.54, 1.807) is 80.6 Å². The van der Waals surface area contributed by atoms with E-state index in [2.05, 4.69) is 0 Å². The van der Waals surface area contributed by atoms with E-state index in [4.69, 9.17) is 25.8 Å². The molecule has 0 radical (unpaired) electrons. The van der Waals surface area contributed by atoms with Crippen LogP contribution in [0.3, 0.4) is 0 Å². The molecule has 10 heteroatoms. The Balaban J connectivity index is 2.08. The fourth-order valence-corrected chi connectivity index (χ4v) is 6.35. The Morgan fingerprint density at radius 1 is 0.868 bits per heavy atom. The van der Waals surface area contributed by atoms with Crippen LogP contribution in [0.15, 0.2) is 83.8 Å². The number of benzene rings is 3. The molecule has 38 heavy (non-hydrogen) atoms. The lowest BCUT2D eigenvalue weighted by Gasteiger charge is -2.36. The first-order chi connectivity index (χ1) is 18.2. The second-order valence-electron chi connectivity index (χ2n) is 8.65. The predicted octanol–water partition coefficient (Wildman–Crippen LogP) is 4.97. The van der Waals surface area contributed by atoms with E-state index in [1.807, 2.05) is 6.92 Å². The maximum absolute atomic E-state index is 14.4. The summed E-state index contributed by atoms with van der Waals surface area (Å²) in [6, 6.07) is 20.9. The Labute approximate surface area is 227 Å². The molecule has 0 aliphatic carbocycles. The summed E-state index contributed by atoms with van der Waals surface area (Å²) in [4.78, 5) is 27.7. The standard InChI is InChI=1S/C28H28ClNO7S/c1-4-35-26(31)28(27(32)36-5-2)24(20-13-15-22(29)16-14-20)37-25(21-9-7-6-8-10-21)30(28)38(33,34)23-17-11-19(3)12-18-23/h6-18,24-25H,4-5H2,1-3H3/t24-,25+/m0/s1. The number of hydrogen-bond donors (Lipinski definition) is 0. The third kappa shape index (κ3) is 4.82. The Bertz CT molecular complexity index is 1380. The van der Waals surface area contributed by atoms with Gasteiger partial charge in [0.2, 0.25) is 10.0 Å². The number of esters is 2. The summed E-state index contributed by atoms with van der Waals surface area (Å²) in [6.07, 6.45) is -2.78. The molecule has 0 bridgehead atoms. The van der Waals surface area contributed by atoms with E-state index >= 15 is 0 Å². The van der Waals surface area contributed by atoms with E-state index in [9.17, 15) is 18.0 Å². The molecule has 1 aliphatic heterocycles. The van der Waals surface area contributed by atoms with Crippen molar-refractivity contribution in [2.24, 2.45) is 0 Å². The highest BCUT2D eigenvalue weighted by atomic mass is 35.5. The molecule has 0 aromatic heterocycles. The number of ether oxygens (including phenoxy) is 3. The van der Waals surface area contributed by atoms with Crippen molar-refractivity contribution in [3.63, 3.8) is 0 Å². The molecule has 200 valence electrons. The topological polar surface area (TPSA) is 99.2 Å². The Morgan fingerprint density at radius 3 is 1.95 bits per heavy atom. The number of nitrogens with zero attached hydrogens (tertiary/aromatic N) is 1. The molecular weight excluding hydrogens is 530 g/mol. The average Bonchev–Trinajstić information content (AvgIpc) is 3.28. The minimum Gasteiger partial charge on any atom is -0.464 e. The molecule has 1 heterocycles. The van der Waals surface area contributed by atoms with Crippen molar-refractivity contribution in [2.45, 2.75) is 43.5 Å². The molecular formula is C28H28ClNO7S. The van der Waals surface area contributed by atoms with E-state index in [1.165, 1.54) is 12.1 Å². The van der Waals surface area contributed by atoms with Crippen LogP contribution in [0.1, 0.15) is 42.9 Å². The van der Waals surface area contributed by atoms with Crippen LogP contribution in [0.4, 0.5) is 0 Å². The average molecular weight is 558 g/mol. The molecule has 3 aromatic rings. The lowest BCUT2D eigenvalue weighted by Crippen LogP contribution is -2.62. The van der Waals surface area contributed by atoms with Crippen LogP contribution in [0, 0.1) is 6.92 Å². The van der Waals surface area contributed by atoms with Crippen LogP contribution in [0.2, 0.25) is 5.02 Å². The summed E-state index contributed by atoms with van der Waals surface area (Å²) in [5.74, 6) is -2.21. The SMILES string of the molecule is CCOC(=O)C1(C(=O)OCC)[C@H](c2ccc(Cl)cc2)O[C@H](c2ccccc2)N1S(=O)(=O)c1ccc(C)cc1. The van der Waals surface area contributed by atoms with E-state index in [-0.39, 0.29) is 18.1 Å². The van der Waals surface area contributed by atoms with Crippen LogP contribution in [-0.4, -0.2) is 43.4 Å². The number of sulfonamides is 1. The number of aryl methyl sites for hydroxylation is 1. The zero-order valence-electron chi connectivity index (χ0n) is 21.2. The molecule has 0 N–H and O–H groups in total. The van der Waals surface area contributed by atoms with Gasteiger partial charge in [-0.3, -0.25) is 0 Å². The zero-order valence-corrected chi connectivity index (χ0v) is 22.7. The molecule has 0 unspecified atom stereocenters. The maximum atomic E-state index is 14.4. The van der Waals surface area contributed by atoms with Crippen molar-refractivity contribution in [1.82, 2.24) is 4.31 Å². The minimum atomic E-state index is -4.56. The van der Waals surface area contributed by atoms with Gasteiger partial charge in [0.05, 0.1) is 18.1 Å². The van der Waals surface area contributed by atoms with Crippen molar-refractivity contribution in [1.29, 1.82) is 0 Å². The zero-order chi connectivity index (χ0) is 27.5. The van der Waals surface area contributed by atoms with Gasteiger partial charge in [0.25, 0.3) is 5.54 Å². The van der Waals surface area contributed by atoms with Gasteiger partial charge < -0.3 is 14.2 Å². The fraction of sp³-hybridized carbons (Fsp3) is 0.286. The van der Waals surface area contributed by atoms with Crippen LogP contribution in [0.5, 0.6) is 0 Å². The highest BCUT2D eigenvalue weighted by molar-refractivity contribution is 7.89. The van der Waals surface area contributed by atoms with Gasteiger partial charge in [-0.2, -0.15) is 0 Å². The summed E-state index contributed by atoms with van der Waals surface area (Å²) in [7, 11) is -4.56. The second kappa shape index (κ2) is 11.2. The van der Waals surface area contributed by atoms with E-state index < -0.39 is 39.8 Å². The van der Waals surface area contributed by atoms with Gasteiger partial charge in [0.1, 0.15) is 6.10 Å². The molecule has 1 saturated heterocycles. The van der Waals surface area contributed by atoms with E-state index in [0.717, 1.165) is 9.87 Å². The number of carbonyl (C=O) groups is 2. The number of halogens is 1. The fourth-order valence-electron chi connectivity index (χ4n) is 4.47. The highest BCUT2D eigenvalue weighted by Gasteiger charge is 2.71. The van der Waals surface area contributed by atoms with Crippen molar-refractivity contribution in [3.8, 4) is 0 Å². The first-order valence-corrected chi connectivity index (χ1v) is 13.9. The number of hydrogen-bond acceptors (Lipinski definition) is 7. The van der Waals surface area contributed by atoms with Crippen molar-refractivity contribution < 1.29 is 32.2 Å². The van der Waals surface area contributed by atoms with E-state index in [0.29, 0.717) is 16.1 Å². The molecule has 2 atom stereocenters. The first kappa shape index (κ1) is 27.8. The molecule has 1 fully saturated rings. The highest BCUT2D eigenvalue weighted by Crippen LogP contribution is 2.53. The minimum absolute atomic E-state index is 0.109. The van der Waals surface area contributed by atoms with Gasteiger partial charge in [-0.1, -0.05) is 71.8 Å². The largest absolute Gasteiger partial charge is 0.464 e. The molecule has 3 aromatic carbocycles. The molecule has 0 spiro atoms. The van der Waals surface area contributed by atoms with Crippen molar-refractivity contribution in [3.05, 3.63) is 101 Å². The normalized spacial score (nSPS) is 19.2. The van der Waals surface area contributed by atoms with Crippen LogP contribution >= 0.6 is 11.6 Å². The second-order valence-corrected chi connectivity index (χ2v) is 10.9. The Hall–Kier alpha value is -3.24. The van der Waals surface area contributed by atoms with Crippen LogP contribution < -0.4 is 0 Å². The van der Waals surface area contributed by atoms with Crippen LogP contribution in [0.25, 0.3) is 0 Å². The van der Waals surface area contributed by atoms with Crippen LogP contribution in [-0.2, 0) is 33.8 Å². The third-order valence-corrected chi connectivity index (χ3v) is 8.33. The van der Waals surface area contributed by atoms with Gasteiger partial charge in [-0.25, -0.2) is 18.0 Å². The Morgan fingerprint density at radius 2 is 1.42 bits per heavy atom. The lowest BCUT2D eigenvalue weighted by atomic mass is 9.88. The third-order valence-electron chi connectivity index (χ3n) is 6.21. The maximum Gasteiger partial charge on any atom is 0.342 e. The number of carbonyl (C=O) groups excluding carboxylic acids is 2. The molecule has 4 rings (SSSR count). The molecule has 0 saturated carbocycles. The summed E-state index contributed by atoms with van der Waals surface area (Å²) in [6.45, 7) is 4.73. The lowest BCUT2D eigenvalue weighted by molar-refractivity contribution is -0.172. The van der Waals surface area contributed by atoms with Gasteiger partial charge in [-0.15, -0.1) is 4.31 Å². The van der Waals surface area contributed by atoms with Gasteiger partial charge in [0.15, 0.2) is 6.23 Å². The predicted molar refractivity (Wildman–Crippen MR) is 141 cm³/mol. The first-order valence-electron chi connectivity index (χ1n) is 12.1. The van der Waals surface area contributed by atoms with Gasteiger partial charge in [0, 0.05) is 5.02 Å². The molecule has 0 amide bonds. The van der Waals surface area contributed by atoms with Gasteiger partial charge in [-0.05, 0) is 56.2 Å². The number of rotatable bonds is 8. The van der Waals surface area contributed by atoms with Crippen molar-refractivity contribution in [2.75, 3.05) is 13.2 Å². The summed E-state index contributed by atoms with van der Waals surface area (Å²) < 4.78 is 46.7. The molecule has 1 aliphatic rings. The summed E-state index contributed by atoms with van der Waals surface area (Å²) in [5.41, 5.74) is -0.942. The smallest absolute Gasteiger partial charge is 0.342 e. The Kier molecular flexibility index (Phi) is 8.22. The van der Waals surface area contributed by atoms with Crippen molar-refractivity contribution >= 4 is 33.6 Å². The quantitative estimate of drug-likeness (QED) is 0.285.